The number of nitrogens with zero attached hydrogens (tertiary/aromatic N) is 1. The first kappa shape index (κ1) is 12.9. The van der Waals surface area contributed by atoms with Crippen molar-refractivity contribution in [2.75, 3.05) is 11.1 Å². The number of nitrogens with two attached hydrogens (primary N) is 1. The molecule has 0 fully saturated rings. The summed E-state index contributed by atoms with van der Waals surface area (Å²) in [7, 11) is 0. The van der Waals surface area contributed by atoms with Crippen LogP contribution in [0, 0.1) is 6.92 Å². The Morgan fingerprint density at radius 2 is 1.95 bits per heavy atom. The molecule has 0 aliphatic rings. The van der Waals surface area contributed by atoms with Crippen LogP contribution in [0.25, 0.3) is 10.9 Å². The van der Waals surface area contributed by atoms with E-state index in [0.717, 1.165) is 38.0 Å². The summed E-state index contributed by atoms with van der Waals surface area (Å²) in [4.78, 5) is 4.49. The van der Waals surface area contributed by atoms with Crippen LogP contribution in [0.4, 0.5) is 17.1 Å². The Kier molecular flexibility index (Phi) is 3.32. The van der Waals surface area contributed by atoms with Crippen molar-refractivity contribution < 1.29 is 0 Å². The molecule has 100 valence electrons. The van der Waals surface area contributed by atoms with Gasteiger partial charge in [-0.3, -0.25) is 4.98 Å². The molecule has 0 saturated carbocycles. The van der Waals surface area contributed by atoms with Crippen molar-refractivity contribution in [3.63, 3.8) is 0 Å². The first-order valence-electron chi connectivity index (χ1n) is 6.31. The zero-order valence-corrected chi connectivity index (χ0v) is 12.6. The number of anilines is 3. The highest BCUT2D eigenvalue weighted by atomic mass is 79.9. The number of aryl methyl sites for hydroxylation is 1. The minimum Gasteiger partial charge on any atom is -0.399 e. The van der Waals surface area contributed by atoms with Crippen LogP contribution >= 0.6 is 15.9 Å². The molecule has 4 heteroatoms. The van der Waals surface area contributed by atoms with E-state index < -0.39 is 0 Å². The summed E-state index contributed by atoms with van der Waals surface area (Å²) in [5, 5.41) is 4.52. The van der Waals surface area contributed by atoms with Gasteiger partial charge in [0.05, 0.1) is 11.2 Å². The van der Waals surface area contributed by atoms with Crippen molar-refractivity contribution >= 4 is 43.9 Å². The average molecular weight is 328 g/mol. The van der Waals surface area contributed by atoms with Crippen molar-refractivity contribution in [2.24, 2.45) is 0 Å². The molecule has 3 nitrogen and oxygen atoms in total. The molecule has 0 aliphatic heterocycles. The van der Waals surface area contributed by atoms with E-state index in [1.54, 1.807) is 0 Å². The fraction of sp³-hybridized carbons (Fsp3) is 0.0625. The third-order valence-corrected chi connectivity index (χ3v) is 3.63. The lowest BCUT2D eigenvalue weighted by Crippen LogP contribution is -1.96. The van der Waals surface area contributed by atoms with Gasteiger partial charge < -0.3 is 11.1 Å². The summed E-state index contributed by atoms with van der Waals surface area (Å²) < 4.78 is 0.978. The van der Waals surface area contributed by atoms with Gasteiger partial charge in [0.2, 0.25) is 0 Å². The predicted molar refractivity (Wildman–Crippen MR) is 88.3 cm³/mol. The number of fused-ring (bicyclic) bond motifs is 1. The van der Waals surface area contributed by atoms with E-state index in [2.05, 4.69) is 32.3 Å². The number of hydrogen-bond acceptors (Lipinski definition) is 3. The van der Waals surface area contributed by atoms with Crippen molar-refractivity contribution in [3.8, 4) is 0 Å². The molecule has 0 saturated heterocycles. The van der Waals surface area contributed by atoms with Crippen LogP contribution < -0.4 is 11.1 Å². The lowest BCUT2D eigenvalue weighted by molar-refractivity contribution is 1.37. The Labute approximate surface area is 126 Å². The monoisotopic (exact) mass is 327 g/mol. The van der Waals surface area contributed by atoms with Crippen molar-refractivity contribution in [2.45, 2.75) is 6.92 Å². The van der Waals surface area contributed by atoms with Gasteiger partial charge in [-0.15, -0.1) is 0 Å². The number of pyridine rings is 1. The average Bonchev–Trinajstić information content (AvgIpc) is 2.41. The van der Waals surface area contributed by atoms with Gasteiger partial charge in [0.15, 0.2) is 0 Å². The molecule has 0 unspecified atom stereocenters. The Morgan fingerprint density at radius 1 is 1.10 bits per heavy atom. The van der Waals surface area contributed by atoms with Crippen LogP contribution in [0.5, 0.6) is 0 Å². The number of nitrogen functional groups attached to an aromatic ring is 1. The predicted octanol–water partition coefficient (Wildman–Crippen LogP) is 4.63. The number of aromatic nitrogens is 1. The van der Waals surface area contributed by atoms with Crippen LogP contribution in [0.3, 0.4) is 0 Å². The molecular formula is C16H14BrN3. The topological polar surface area (TPSA) is 50.9 Å². The molecule has 0 atom stereocenters. The van der Waals surface area contributed by atoms with Gasteiger partial charge in [0, 0.05) is 27.4 Å². The summed E-state index contributed by atoms with van der Waals surface area (Å²) in [5.74, 6) is 0. The van der Waals surface area contributed by atoms with Gasteiger partial charge in [-0.25, -0.2) is 0 Å². The maximum atomic E-state index is 5.78. The summed E-state index contributed by atoms with van der Waals surface area (Å²) >= 11 is 3.45. The summed E-state index contributed by atoms with van der Waals surface area (Å²) in [6, 6.07) is 14.0. The first-order chi connectivity index (χ1) is 9.63. The third kappa shape index (κ3) is 2.47. The molecule has 20 heavy (non-hydrogen) atoms. The fourth-order valence-electron chi connectivity index (χ4n) is 2.21. The SMILES string of the molecule is Cc1cc(N)ccc1Nc1cccc2cc(Br)cnc12. The normalized spacial score (nSPS) is 10.7. The van der Waals surface area contributed by atoms with Crippen LogP contribution in [-0.4, -0.2) is 4.98 Å². The van der Waals surface area contributed by atoms with Crippen molar-refractivity contribution in [1.29, 1.82) is 0 Å². The van der Waals surface area contributed by atoms with E-state index in [1.165, 1.54) is 0 Å². The summed E-state index contributed by atoms with van der Waals surface area (Å²) in [6.45, 7) is 2.04. The van der Waals surface area contributed by atoms with Crippen LogP contribution in [0.1, 0.15) is 5.56 Å². The molecule has 0 aliphatic carbocycles. The summed E-state index contributed by atoms with van der Waals surface area (Å²) in [5.41, 5.74) is 10.6. The Bertz CT molecular complexity index is 784. The highest BCUT2D eigenvalue weighted by molar-refractivity contribution is 9.10. The second-order valence-electron chi connectivity index (χ2n) is 4.73. The van der Waals surface area contributed by atoms with Crippen molar-refractivity contribution in [3.05, 3.63) is 58.7 Å². The molecule has 1 heterocycles. The number of benzene rings is 2. The van der Waals surface area contributed by atoms with Crippen molar-refractivity contribution in [1.82, 2.24) is 4.98 Å². The molecular weight excluding hydrogens is 314 g/mol. The molecule has 1 aromatic heterocycles. The second-order valence-corrected chi connectivity index (χ2v) is 5.65. The van der Waals surface area contributed by atoms with Gasteiger partial charge in [0.1, 0.15) is 0 Å². The molecule has 3 rings (SSSR count). The number of halogens is 1. The minimum absolute atomic E-state index is 0.771. The van der Waals surface area contributed by atoms with E-state index in [0.29, 0.717) is 0 Å². The van der Waals surface area contributed by atoms with E-state index in [9.17, 15) is 0 Å². The van der Waals surface area contributed by atoms with Gasteiger partial charge in [-0.1, -0.05) is 12.1 Å². The Balaban J connectivity index is 2.06. The quantitative estimate of drug-likeness (QED) is 0.674. The Morgan fingerprint density at radius 3 is 2.75 bits per heavy atom. The highest BCUT2D eigenvalue weighted by Crippen LogP contribution is 2.28. The third-order valence-electron chi connectivity index (χ3n) is 3.20. The molecule has 0 amide bonds. The van der Waals surface area contributed by atoms with Gasteiger partial charge >= 0.3 is 0 Å². The first-order valence-corrected chi connectivity index (χ1v) is 7.10. The molecule has 2 aromatic carbocycles. The maximum absolute atomic E-state index is 5.78. The molecule has 0 spiro atoms. The van der Waals surface area contributed by atoms with E-state index in [4.69, 9.17) is 5.73 Å². The molecule has 0 radical (unpaired) electrons. The number of nitrogens with one attached hydrogen (secondary N) is 1. The Hall–Kier alpha value is -2.07. The van der Waals surface area contributed by atoms with Crippen LogP contribution in [0.2, 0.25) is 0 Å². The molecule has 3 N–H and O–H groups in total. The van der Waals surface area contributed by atoms with E-state index >= 15 is 0 Å². The standard InChI is InChI=1S/C16H14BrN3/c1-10-7-13(18)5-6-14(10)20-15-4-2-3-11-8-12(17)9-19-16(11)15/h2-9,20H,18H2,1H3. The van der Waals surface area contributed by atoms with E-state index in [-0.39, 0.29) is 0 Å². The van der Waals surface area contributed by atoms with Gasteiger partial charge in [-0.05, 0) is 58.7 Å². The molecule has 0 bridgehead atoms. The number of para-hydroxylation sites is 1. The van der Waals surface area contributed by atoms with Crippen LogP contribution in [0.15, 0.2) is 53.1 Å². The van der Waals surface area contributed by atoms with Gasteiger partial charge in [-0.2, -0.15) is 0 Å². The van der Waals surface area contributed by atoms with Crippen LogP contribution in [-0.2, 0) is 0 Å². The largest absolute Gasteiger partial charge is 0.399 e. The number of rotatable bonds is 2. The number of hydrogen-bond donors (Lipinski definition) is 2. The second kappa shape index (κ2) is 5.13. The van der Waals surface area contributed by atoms with E-state index in [1.807, 2.05) is 49.5 Å². The summed E-state index contributed by atoms with van der Waals surface area (Å²) in [6.07, 6.45) is 1.81. The zero-order valence-electron chi connectivity index (χ0n) is 11.0. The zero-order chi connectivity index (χ0) is 14.1. The lowest BCUT2D eigenvalue weighted by Gasteiger charge is -2.12. The highest BCUT2D eigenvalue weighted by Gasteiger charge is 2.05. The minimum atomic E-state index is 0.771. The molecule has 3 aromatic rings. The smallest absolute Gasteiger partial charge is 0.0937 e. The maximum Gasteiger partial charge on any atom is 0.0937 e. The fourth-order valence-corrected chi connectivity index (χ4v) is 2.56. The lowest BCUT2D eigenvalue weighted by atomic mass is 10.1. The van der Waals surface area contributed by atoms with Gasteiger partial charge in [0.25, 0.3) is 0 Å².